The number of ether oxygens (including phenoxy) is 3. The van der Waals surface area contributed by atoms with Crippen LogP contribution in [0.15, 0.2) is 30.3 Å². The van der Waals surface area contributed by atoms with Gasteiger partial charge in [0.05, 0.1) is 13.0 Å². The van der Waals surface area contributed by atoms with Crippen molar-refractivity contribution < 1.29 is 34.0 Å². The van der Waals surface area contributed by atoms with Crippen molar-refractivity contribution in [1.82, 2.24) is 0 Å². The third-order valence-electron chi connectivity index (χ3n) is 4.28. The minimum atomic E-state index is -1.08. The Hall–Kier alpha value is -3.22. The smallest absolute Gasteiger partial charge is 0.341 e. The molecule has 0 spiro atoms. The first-order valence-electron chi connectivity index (χ1n) is 9.31. The van der Waals surface area contributed by atoms with Gasteiger partial charge >= 0.3 is 11.9 Å². The highest BCUT2D eigenvalue weighted by molar-refractivity contribution is 5.71. The van der Waals surface area contributed by atoms with Gasteiger partial charge in [-0.25, -0.2) is 4.79 Å². The lowest BCUT2D eigenvalue weighted by Crippen LogP contribution is -2.12. The molecule has 0 radical (unpaired) electrons. The van der Waals surface area contributed by atoms with E-state index in [1.165, 1.54) is 0 Å². The van der Waals surface area contributed by atoms with Crippen LogP contribution in [-0.2, 0) is 16.0 Å². The van der Waals surface area contributed by atoms with E-state index in [0.29, 0.717) is 29.4 Å². The van der Waals surface area contributed by atoms with Crippen molar-refractivity contribution in [2.45, 2.75) is 40.2 Å². The number of benzene rings is 2. The number of carboxylic acids is 2. The molecule has 156 valence electrons. The molecule has 2 rings (SSSR count). The van der Waals surface area contributed by atoms with Crippen LogP contribution in [0.1, 0.15) is 42.2 Å². The van der Waals surface area contributed by atoms with Crippen molar-refractivity contribution in [2.24, 2.45) is 0 Å². The summed E-state index contributed by atoms with van der Waals surface area (Å²) in [7, 11) is 0. The van der Waals surface area contributed by atoms with Crippen LogP contribution in [0.2, 0.25) is 0 Å². The highest BCUT2D eigenvalue weighted by Gasteiger charge is 2.18. The first-order valence-corrected chi connectivity index (χ1v) is 9.31. The summed E-state index contributed by atoms with van der Waals surface area (Å²) >= 11 is 0. The topological polar surface area (TPSA) is 102 Å². The van der Waals surface area contributed by atoms with Crippen molar-refractivity contribution in [3.8, 4) is 17.2 Å². The third kappa shape index (κ3) is 6.14. The Kier molecular flexibility index (Phi) is 7.47. The van der Waals surface area contributed by atoms with Crippen LogP contribution in [0.3, 0.4) is 0 Å². The maximum Gasteiger partial charge on any atom is 0.341 e. The molecule has 0 bridgehead atoms. The molecule has 2 aromatic rings. The number of aliphatic carboxylic acids is 2. The number of carboxylic acid groups (broad SMARTS) is 2. The zero-order valence-corrected chi connectivity index (χ0v) is 17.0. The first-order chi connectivity index (χ1) is 13.7. The summed E-state index contributed by atoms with van der Waals surface area (Å²) < 4.78 is 17.0. The second kappa shape index (κ2) is 9.82. The molecule has 0 aliphatic rings. The van der Waals surface area contributed by atoms with E-state index < -0.39 is 24.6 Å². The summed E-state index contributed by atoms with van der Waals surface area (Å²) in [5.74, 6) is -0.724. The molecule has 0 aliphatic heterocycles. The van der Waals surface area contributed by atoms with Gasteiger partial charge in [-0.1, -0.05) is 6.07 Å². The van der Waals surface area contributed by atoms with Crippen LogP contribution in [0, 0.1) is 13.8 Å². The summed E-state index contributed by atoms with van der Waals surface area (Å²) in [5, 5.41) is 18.1. The van der Waals surface area contributed by atoms with Crippen LogP contribution in [-0.4, -0.2) is 35.4 Å². The lowest BCUT2D eigenvalue weighted by molar-refractivity contribution is -0.139. The molecule has 1 atom stereocenters. The van der Waals surface area contributed by atoms with Crippen LogP contribution < -0.4 is 14.2 Å². The minimum Gasteiger partial charge on any atom is -0.494 e. The van der Waals surface area contributed by atoms with Gasteiger partial charge in [-0.3, -0.25) is 4.79 Å². The molecule has 0 aromatic heterocycles. The fourth-order valence-electron chi connectivity index (χ4n) is 2.99. The maximum absolute atomic E-state index is 11.2. The van der Waals surface area contributed by atoms with Gasteiger partial charge in [0, 0.05) is 5.56 Å². The first kappa shape index (κ1) is 22.1. The molecule has 0 aliphatic carbocycles. The van der Waals surface area contributed by atoms with E-state index >= 15 is 0 Å². The van der Waals surface area contributed by atoms with Crippen molar-refractivity contribution >= 4 is 11.9 Å². The highest BCUT2D eigenvalue weighted by Crippen LogP contribution is 2.35. The Bertz CT molecular complexity index is 889. The highest BCUT2D eigenvalue weighted by atomic mass is 16.5. The standard InChI is InChI=1S/C22H26O7/c1-5-27-19-9-14(3)17(10-16(19)11-21(23)24)15(4)29-20-8-13(2)6-7-18(20)28-12-22(25)26/h6-10,15H,5,11-12H2,1-4H3,(H,23,24)(H,25,26). The van der Waals surface area contributed by atoms with Crippen molar-refractivity contribution in [3.63, 3.8) is 0 Å². The SMILES string of the molecule is CCOc1cc(C)c(C(C)Oc2cc(C)ccc2OCC(=O)O)cc1CC(=O)O. The molecule has 0 fully saturated rings. The van der Waals surface area contributed by atoms with Gasteiger partial charge in [-0.05, 0) is 68.7 Å². The largest absolute Gasteiger partial charge is 0.494 e. The number of carbonyl (C=O) groups is 2. The zero-order valence-electron chi connectivity index (χ0n) is 17.0. The average molecular weight is 402 g/mol. The molecule has 0 amide bonds. The Labute approximate surface area is 169 Å². The lowest BCUT2D eigenvalue weighted by Gasteiger charge is -2.21. The van der Waals surface area contributed by atoms with E-state index in [1.807, 2.05) is 39.8 Å². The number of rotatable bonds is 10. The second-order valence-electron chi connectivity index (χ2n) is 6.71. The minimum absolute atomic E-state index is 0.160. The summed E-state index contributed by atoms with van der Waals surface area (Å²) in [5.41, 5.74) is 3.22. The number of hydrogen-bond donors (Lipinski definition) is 2. The summed E-state index contributed by atoms with van der Waals surface area (Å²) in [4.78, 5) is 22.1. The van der Waals surface area contributed by atoms with Crippen molar-refractivity contribution in [2.75, 3.05) is 13.2 Å². The van der Waals surface area contributed by atoms with Gasteiger partial charge in [0.2, 0.25) is 0 Å². The maximum atomic E-state index is 11.2. The fourth-order valence-corrected chi connectivity index (χ4v) is 2.99. The molecule has 1 unspecified atom stereocenters. The molecular formula is C22H26O7. The van der Waals surface area contributed by atoms with Crippen LogP contribution >= 0.6 is 0 Å². The van der Waals surface area contributed by atoms with Crippen LogP contribution in [0.25, 0.3) is 0 Å². The van der Waals surface area contributed by atoms with Crippen LogP contribution in [0.5, 0.6) is 17.2 Å². The third-order valence-corrected chi connectivity index (χ3v) is 4.28. The van der Waals surface area contributed by atoms with E-state index in [-0.39, 0.29) is 6.42 Å². The van der Waals surface area contributed by atoms with E-state index in [4.69, 9.17) is 19.3 Å². The van der Waals surface area contributed by atoms with Gasteiger partial charge in [0.25, 0.3) is 0 Å². The monoisotopic (exact) mass is 402 g/mol. The average Bonchev–Trinajstić information content (AvgIpc) is 2.62. The summed E-state index contributed by atoms with van der Waals surface area (Å²) in [6, 6.07) is 8.85. The molecule has 7 heteroatoms. The Morgan fingerprint density at radius 3 is 2.31 bits per heavy atom. The Balaban J connectivity index is 2.35. The quantitative estimate of drug-likeness (QED) is 0.621. The van der Waals surface area contributed by atoms with Crippen LogP contribution in [0.4, 0.5) is 0 Å². The Morgan fingerprint density at radius 2 is 1.69 bits per heavy atom. The fraction of sp³-hybridized carbons (Fsp3) is 0.364. The molecule has 0 saturated heterocycles. The molecular weight excluding hydrogens is 376 g/mol. The van der Waals surface area contributed by atoms with E-state index in [9.17, 15) is 14.7 Å². The molecule has 29 heavy (non-hydrogen) atoms. The predicted molar refractivity (Wildman–Crippen MR) is 107 cm³/mol. The van der Waals surface area contributed by atoms with Gasteiger partial charge < -0.3 is 24.4 Å². The van der Waals surface area contributed by atoms with E-state index in [0.717, 1.165) is 16.7 Å². The molecule has 0 saturated carbocycles. The van der Waals surface area contributed by atoms with Gasteiger partial charge in [-0.2, -0.15) is 0 Å². The van der Waals surface area contributed by atoms with Gasteiger partial charge in [-0.15, -0.1) is 0 Å². The molecule has 2 aromatic carbocycles. The summed E-state index contributed by atoms with van der Waals surface area (Å²) in [6.07, 6.45) is -0.584. The van der Waals surface area contributed by atoms with Crippen molar-refractivity contribution in [3.05, 3.63) is 52.6 Å². The number of hydrogen-bond acceptors (Lipinski definition) is 5. The van der Waals surface area contributed by atoms with Crippen molar-refractivity contribution in [1.29, 1.82) is 0 Å². The molecule has 2 N–H and O–H groups in total. The van der Waals surface area contributed by atoms with E-state index in [1.54, 1.807) is 18.2 Å². The molecule has 0 heterocycles. The molecule has 7 nitrogen and oxygen atoms in total. The number of aryl methyl sites for hydroxylation is 2. The second-order valence-corrected chi connectivity index (χ2v) is 6.71. The normalized spacial score (nSPS) is 11.6. The van der Waals surface area contributed by atoms with Gasteiger partial charge in [0.15, 0.2) is 18.1 Å². The lowest BCUT2D eigenvalue weighted by atomic mass is 9.98. The Morgan fingerprint density at radius 1 is 0.966 bits per heavy atom. The van der Waals surface area contributed by atoms with E-state index in [2.05, 4.69) is 0 Å². The predicted octanol–water partition coefficient (Wildman–Crippen LogP) is 3.93. The van der Waals surface area contributed by atoms with Gasteiger partial charge in [0.1, 0.15) is 11.9 Å². The zero-order chi connectivity index (χ0) is 21.6. The summed E-state index contributed by atoms with van der Waals surface area (Å²) in [6.45, 7) is 7.45.